The van der Waals surface area contributed by atoms with Crippen molar-refractivity contribution < 1.29 is 17.9 Å². The van der Waals surface area contributed by atoms with Crippen molar-refractivity contribution in [2.75, 3.05) is 23.4 Å². The van der Waals surface area contributed by atoms with Gasteiger partial charge in [-0.2, -0.15) is 0 Å². The fourth-order valence-corrected chi connectivity index (χ4v) is 2.57. The fraction of sp³-hybridized carbons (Fsp3) is 0.188. The van der Waals surface area contributed by atoms with Crippen molar-refractivity contribution in [3.8, 4) is 5.75 Å². The summed E-state index contributed by atoms with van der Waals surface area (Å²) < 4.78 is 30.2. The van der Waals surface area contributed by atoms with Gasteiger partial charge in [-0.05, 0) is 48.9 Å². The standard InChI is InChI=1S/C16H18N2O4S/c1-11-4-5-12(10-15(11)18-23(3,20)21)16(19)17-13-6-8-14(22-2)9-7-13/h4-10,18H,1-3H3,(H,17,19). The van der Waals surface area contributed by atoms with Crippen LogP contribution in [0.3, 0.4) is 0 Å². The van der Waals surface area contributed by atoms with Crippen LogP contribution < -0.4 is 14.8 Å². The molecule has 2 N–H and O–H groups in total. The van der Waals surface area contributed by atoms with Gasteiger partial charge in [0.25, 0.3) is 5.91 Å². The fourth-order valence-electron chi connectivity index (χ4n) is 1.95. The zero-order valence-electron chi connectivity index (χ0n) is 13.1. The molecule has 0 aliphatic carbocycles. The van der Waals surface area contributed by atoms with Crippen LogP contribution in [0.15, 0.2) is 42.5 Å². The number of carbonyl (C=O) groups excluding carboxylic acids is 1. The Kier molecular flexibility index (Phi) is 4.90. The van der Waals surface area contributed by atoms with Crippen molar-refractivity contribution >= 4 is 27.3 Å². The summed E-state index contributed by atoms with van der Waals surface area (Å²) in [6.45, 7) is 1.76. The first-order valence-electron chi connectivity index (χ1n) is 6.82. The van der Waals surface area contributed by atoms with Gasteiger partial charge in [0.15, 0.2) is 0 Å². The van der Waals surface area contributed by atoms with Gasteiger partial charge in [-0.3, -0.25) is 9.52 Å². The van der Waals surface area contributed by atoms with Gasteiger partial charge < -0.3 is 10.1 Å². The summed E-state index contributed by atoms with van der Waals surface area (Å²) in [6.07, 6.45) is 1.07. The maximum atomic E-state index is 12.3. The first-order valence-corrected chi connectivity index (χ1v) is 8.71. The summed E-state index contributed by atoms with van der Waals surface area (Å²) in [7, 11) is -1.84. The van der Waals surface area contributed by atoms with Crippen molar-refractivity contribution in [1.82, 2.24) is 0 Å². The van der Waals surface area contributed by atoms with E-state index in [0.29, 0.717) is 22.7 Å². The Morgan fingerprint density at radius 1 is 1.09 bits per heavy atom. The molecular weight excluding hydrogens is 316 g/mol. The van der Waals surface area contributed by atoms with E-state index < -0.39 is 10.0 Å². The van der Waals surface area contributed by atoms with Crippen LogP contribution in [0.5, 0.6) is 5.75 Å². The van der Waals surface area contributed by atoms with Gasteiger partial charge >= 0.3 is 0 Å². The summed E-state index contributed by atoms with van der Waals surface area (Å²) in [5, 5.41) is 2.75. The highest BCUT2D eigenvalue weighted by Gasteiger charge is 2.11. The molecule has 0 saturated carbocycles. The molecule has 0 aliphatic heterocycles. The molecule has 6 nitrogen and oxygen atoms in total. The van der Waals surface area contributed by atoms with Crippen LogP contribution in [-0.4, -0.2) is 27.7 Å². The molecule has 2 rings (SSSR count). The van der Waals surface area contributed by atoms with E-state index in [1.165, 1.54) is 6.07 Å². The normalized spacial score (nSPS) is 10.9. The van der Waals surface area contributed by atoms with Crippen LogP contribution in [0.2, 0.25) is 0 Å². The van der Waals surface area contributed by atoms with E-state index in [9.17, 15) is 13.2 Å². The number of hydrogen-bond acceptors (Lipinski definition) is 4. The SMILES string of the molecule is COc1ccc(NC(=O)c2ccc(C)c(NS(C)(=O)=O)c2)cc1. The second-order valence-electron chi connectivity index (χ2n) is 5.09. The number of amides is 1. The molecular formula is C16H18N2O4S. The van der Waals surface area contributed by atoms with Crippen LogP contribution in [0.1, 0.15) is 15.9 Å². The summed E-state index contributed by atoms with van der Waals surface area (Å²) in [6, 6.07) is 11.8. The van der Waals surface area contributed by atoms with Crippen LogP contribution >= 0.6 is 0 Å². The second-order valence-corrected chi connectivity index (χ2v) is 6.84. The predicted octanol–water partition coefficient (Wildman–Crippen LogP) is 2.63. The molecule has 0 radical (unpaired) electrons. The molecule has 0 spiro atoms. The number of hydrogen-bond donors (Lipinski definition) is 2. The third-order valence-electron chi connectivity index (χ3n) is 3.14. The Morgan fingerprint density at radius 2 is 1.74 bits per heavy atom. The maximum absolute atomic E-state index is 12.3. The lowest BCUT2D eigenvalue weighted by molar-refractivity contribution is 0.102. The van der Waals surface area contributed by atoms with Crippen molar-refractivity contribution in [3.63, 3.8) is 0 Å². The zero-order valence-corrected chi connectivity index (χ0v) is 13.9. The molecule has 2 aromatic carbocycles. The number of nitrogens with one attached hydrogen (secondary N) is 2. The smallest absolute Gasteiger partial charge is 0.255 e. The van der Waals surface area contributed by atoms with E-state index in [0.717, 1.165) is 11.8 Å². The van der Waals surface area contributed by atoms with Crippen molar-refractivity contribution in [1.29, 1.82) is 0 Å². The zero-order chi connectivity index (χ0) is 17.0. The van der Waals surface area contributed by atoms with E-state index in [4.69, 9.17) is 4.74 Å². The Balaban J connectivity index is 2.20. The molecule has 0 bridgehead atoms. The average molecular weight is 334 g/mol. The minimum atomic E-state index is -3.40. The molecule has 0 atom stereocenters. The van der Waals surface area contributed by atoms with Crippen LogP contribution in [0, 0.1) is 6.92 Å². The average Bonchev–Trinajstić information content (AvgIpc) is 2.49. The summed E-state index contributed by atoms with van der Waals surface area (Å²) >= 11 is 0. The van der Waals surface area contributed by atoms with Gasteiger partial charge in [0.05, 0.1) is 19.1 Å². The Hall–Kier alpha value is -2.54. The first kappa shape index (κ1) is 16.8. The van der Waals surface area contributed by atoms with Crippen LogP contribution in [0.4, 0.5) is 11.4 Å². The molecule has 0 saturated heterocycles. The number of carbonyl (C=O) groups is 1. The summed E-state index contributed by atoms with van der Waals surface area (Å²) in [5.74, 6) is 0.365. The number of methoxy groups -OCH3 is 1. The molecule has 0 fully saturated rings. The third-order valence-corrected chi connectivity index (χ3v) is 3.73. The minimum Gasteiger partial charge on any atom is -0.497 e. The summed E-state index contributed by atoms with van der Waals surface area (Å²) in [4.78, 5) is 12.3. The third kappa shape index (κ3) is 4.72. The molecule has 0 unspecified atom stereocenters. The van der Waals surface area contributed by atoms with Gasteiger partial charge in [0, 0.05) is 11.3 Å². The Labute approximate surface area is 135 Å². The van der Waals surface area contributed by atoms with Gasteiger partial charge in [-0.25, -0.2) is 8.42 Å². The van der Waals surface area contributed by atoms with Crippen molar-refractivity contribution in [2.45, 2.75) is 6.92 Å². The Morgan fingerprint density at radius 3 is 2.30 bits per heavy atom. The lowest BCUT2D eigenvalue weighted by Crippen LogP contribution is -2.14. The molecule has 1 amide bonds. The van der Waals surface area contributed by atoms with Gasteiger partial charge in [-0.1, -0.05) is 6.07 Å². The van der Waals surface area contributed by atoms with Crippen LogP contribution in [0.25, 0.3) is 0 Å². The van der Waals surface area contributed by atoms with E-state index in [-0.39, 0.29) is 5.91 Å². The number of benzene rings is 2. The number of anilines is 2. The van der Waals surface area contributed by atoms with E-state index in [2.05, 4.69) is 10.0 Å². The molecule has 122 valence electrons. The highest BCUT2D eigenvalue weighted by Crippen LogP contribution is 2.20. The maximum Gasteiger partial charge on any atom is 0.255 e. The molecule has 23 heavy (non-hydrogen) atoms. The predicted molar refractivity (Wildman–Crippen MR) is 90.6 cm³/mol. The largest absolute Gasteiger partial charge is 0.497 e. The number of sulfonamides is 1. The Bertz CT molecular complexity index is 814. The van der Waals surface area contributed by atoms with E-state index >= 15 is 0 Å². The number of aryl methyl sites for hydroxylation is 1. The van der Waals surface area contributed by atoms with Crippen LogP contribution in [-0.2, 0) is 10.0 Å². The molecule has 7 heteroatoms. The quantitative estimate of drug-likeness (QED) is 0.880. The van der Waals surface area contributed by atoms with Gasteiger partial charge in [0.2, 0.25) is 10.0 Å². The molecule has 2 aromatic rings. The summed E-state index contributed by atoms with van der Waals surface area (Å²) in [5.41, 5.74) is 2.10. The number of rotatable bonds is 5. The van der Waals surface area contributed by atoms with Crippen molar-refractivity contribution in [2.24, 2.45) is 0 Å². The highest BCUT2D eigenvalue weighted by molar-refractivity contribution is 7.92. The molecule has 0 aliphatic rings. The lowest BCUT2D eigenvalue weighted by atomic mass is 10.1. The molecule has 0 aromatic heterocycles. The minimum absolute atomic E-state index is 0.327. The molecule has 0 heterocycles. The van der Waals surface area contributed by atoms with Gasteiger partial charge in [0.1, 0.15) is 5.75 Å². The monoisotopic (exact) mass is 334 g/mol. The lowest BCUT2D eigenvalue weighted by Gasteiger charge is -2.11. The van der Waals surface area contributed by atoms with E-state index in [1.807, 2.05) is 0 Å². The van der Waals surface area contributed by atoms with Gasteiger partial charge in [-0.15, -0.1) is 0 Å². The second kappa shape index (κ2) is 6.70. The van der Waals surface area contributed by atoms with Crippen molar-refractivity contribution in [3.05, 3.63) is 53.6 Å². The number of ether oxygens (including phenoxy) is 1. The highest BCUT2D eigenvalue weighted by atomic mass is 32.2. The van der Waals surface area contributed by atoms with E-state index in [1.54, 1.807) is 50.4 Å². The first-order chi connectivity index (χ1) is 10.8. The topological polar surface area (TPSA) is 84.5 Å².